The summed E-state index contributed by atoms with van der Waals surface area (Å²) >= 11 is 0. The quantitative estimate of drug-likeness (QED) is 0.556. The van der Waals surface area contributed by atoms with Crippen LogP contribution in [0.4, 0.5) is 0 Å². The molecule has 3 N–H and O–H groups in total. The van der Waals surface area contributed by atoms with E-state index < -0.39 is 0 Å². The van der Waals surface area contributed by atoms with Gasteiger partial charge in [0.1, 0.15) is 0 Å². The molecule has 0 fully saturated rings. The van der Waals surface area contributed by atoms with Crippen LogP contribution in [0.1, 0.15) is 45.3 Å². The average molecular weight is 210 g/mol. The van der Waals surface area contributed by atoms with E-state index in [1.54, 1.807) is 0 Å². The third-order valence-corrected chi connectivity index (χ3v) is 2.90. The van der Waals surface area contributed by atoms with Crippen molar-refractivity contribution in [3.63, 3.8) is 0 Å². The summed E-state index contributed by atoms with van der Waals surface area (Å²) in [6.07, 6.45) is 4.04. The van der Waals surface area contributed by atoms with Crippen LogP contribution in [0, 0.1) is 5.92 Å². The van der Waals surface area contributed by atoms with E-state index in [0.29, 0.717) is 5.92 Å². The molecule has 0 aliphatic heterocycles. The molecule has 0 aromatic carbocycles. The summed E-state index contributed by atoms with van der Waals surface area (Å²) in [6.45, 7) is 7.49. The molecule has 0 aliphatic rings. The lowest BCUT2D eigenvalue weighted by molar-refractivity contribution is 0.357. The van der Waals surface area contributed by atoms with Gasteiger partial charge < -0.3 is 0 Å². The van der Waals surface area contributed by atoms with Gasteiger partial charge in [-0.15, -0.1) is 0 Å². The molecule has 0 saturated carbocycles. The Hall–Kier alpha value is -0.870. The van der Waals surface area contributed by atoms with Gasteiger partial charge in [-0.05, 0) is 18.4 Å². The zero-order valence-corrected chi connectivity index (χ0v) is 9.90. The Labute approximate surface area is 91.8 Å². The third kappa shape index (κ3) is 2.79. The second-order valence-corrected chi connectivity index (χ2v) is 4.01. The van der Waals surface area contributed by atoms with Gasteiger partial charge in [0, 0.05) is 12.7 Å². The Kier molecular flexibility index (Phi) is 4.78. The highest BCUT2D eigenvalue weighted by Gasteiger charge is 2.19. The lowest BCUT2D eigenvalue weighted by Gasteiger charge is -2.23. The molecular formula is C11H22N4. The molecule has 0 aliphatic carbocycles. The summed E-state index contributed by atoms with van der Waals surface area (Å²) in [6, 6.07) is 2.25. The summed E-state index contributed by atoms with van der Waals surface area (Å²) in [5, 5.41) is 4.31. The molecule has 0 radical (unpaired) electrons. The van der Waals surface area contributed by atoms with Crippen molar-refractivity contribution in [2.75, 3.05) is 0 Å². The fourth-order valence-corrected chi connectivity index (χ4v) is 1.78. The molecule has 0 saturated heterocycles. The van der Waals surface area contributed by atoms with E-state index in [0.717, 1.165) is 19.4 Å². The number of aryl methyl sites for hydroxylation is 1. The van der Waals surface area contributed by atoms with Crippen LogP contribution in [0.5, 0.6) is 0 Å². The number of hydrogen-bond donors (Lipinski definition) is 2. The summed E-state index contributed by atoms with van der Waals surface area (Å²) in [4.78, 5) is 0. The lowest BCUT2D eigenvalue weighted by atomic mass is 9.97. The maximum atomic E-state index is 5.61. The molecule has 1 rings (SSSR count). The van der Waals surface area contributed by atoms with E-state index in [2.05, 4.69) is 31.3 Å². The standard InChI is InChI=1S/C11H22N4/c1-4-8-15-10(6-7-13-15)11(14-12)9(3)5-2/h6-7,9,11,14H,4-5,8,12H2,1-3H3. The van der Waals surface area contributed by atoms with Gasteiger partial charge in [-0.25, -0.2) is 0 Å². The maximum absolute atomic E-state index is 5.61. The minimum atomic E-state index is 0.198. The van der Waals surface area contributed by atoms with Crippen LogP contribution in [-0.2, 0) is 6.54 Å². The van der Waals surface area contributed by atoms with Gasteiger partial charge in [0.15, 0.2) is 0 Å². The summed E-state index contributed by atoms with van der Waals surface area (Å²) < 4.78 is 2.04. The Morgan fingerprint density at radius 2 is 2.27 bits per heavy atom. The first-order valence-electron chi connectivity index (χ1n) is 5.72. The fourth-order valence-electron chi connectivity index (χ4n) is 1.78. The van der Waals surface area contributed by atoms with Gasteiger partial charge in [-0.2, -0.15) is 5.10 Å². The Balaban J connectivity index is 2.85. The van der Waals surface area contributed by atoms with E-state index in [1.165, 1.54) is 5.69 Å². The van der Waals surface area contributed by atoms with Crippen molar-refractivity contribution in [2.24, 2.45) is 11.8 Å². The number of nitrogens with zero attached hydrogens (tertiary/aromatic N) is 2. The van der Waals surface area contributed by atoms with Gasteiger partial charge >= 0.3 is 0 Å². The summed E-state index contributed by atoms with van der Waals surface area (Å²) in [5.41, 5.74) is 4.08. The molecule has 86 valence electrons. The van der Waals surface area contributed by atoms with Crippen molar-refractivity contribution in [2.45, 2.75) is 46.2 Å². The molecule has 1 heterocycles. The van der Waals surface area contributed by atoms with Crippen LogP contribution < -0.4 is 11.3 Å². The SMILES string of the molecule is CCCn1nccc1C(NN)C(C)CC. The van der Waals surface area contributed by atoms with E-state index in [-0.39, 0.29) is 6.04 Å². The van der Waals surface area contributed by atoms with Crippen molar-refractivity contribution in [3.05, 3.63) is 18.0 Å². The van der Waals surface area contributed by atoms with Crippen molar-refractivity contribution in [1.82, 2.24) is 15.2 Å². The molecule has 4 heteroatoms. The smallest absolute Gasteiger partial charge is 0.0654 e. The van der Waals surface area contributed by atoms with Crippen LogP contribution in [0.2, 0.25) is 0 Å². The molecule has 4 nitrogen and oxygen atoms in total. The van der Waals surface area contributed by atoms with Crippen molar-refractivity contribution >= 4 is 0 Å². The van der Waals surface area contributed by atoms with Crippen LogP contribution in [0.15, 0.2) is 12.3 Å². The normalized spacial score (nSPS) is 15.2. The zero-order valence-electron chi connectivity index (χ0n) is 9.90. The third-order valence-electron chi connectivity index (χ3n) is 2.90. The van der Waals surface area contributed by atoms with Crippen LogP contribution in [-0.4, -0.2) is 9.78 Å². The van der Waals surface area contributed by atoms with Gasteiger partial charge in [-0.3, -0.25) is 16.0 Å². The Morgan fingerprint density at radius 3 is 2.80 bits per heavy atom. The van der Waals surface area contributed by atoms with Gasteiger partial charge in [0.25, 0.3) is 0 Å². The minimum absolute atomic E-state index is 0.198. The molecule has 0 amide bonds. The van der Waals surface area contributed by atoms with Crippen molar-refractivity contribution in [1.29, 1.82) is 0 Å². The monoisotopic (exact) mass is 210 g/mol. The summed E-state index contributed by atoms with van der Waals surface area (Å²) in [7, 11) is 0. The number of nitrogens with two attached hydrogens (primary N) is 1. The topological polar surface area (TPSA) is 55.9 Å². The van der Waals surface area contributed by atoms with E-state index in [4.69, 9.17) is 5.84 Å². The predicted octanol–water partition coefficient (Wildman–Crippen LogP) is 1.84. The average Bonchev–Trinajstić information content (AvgIpc) is 2.68. The second-order valence-electron chi connectivity index (χ2n) is 4.01. The fraction of sp³-hybridized carbons (Fsp3) is 0.727. The van der Waals surface area contributed by atoms with Gasteiger partial charge in [0.2, 0.25) is 0 Å². The van der Waals surface area contributed by atoms with Crippen LogP contribution >= 0.6 is 0 Å². The number of hydrazine groups is 1. The van der Waals surface area contributed by atoms with E-state index >= 15 is 0 Å². The summed E-state index contributed by atoms with van der Waals surface area (Å²) in [5.74, 6) is 6.13. The molecule has 0 spiro atoms. The van der Waals surface area contributed by atoms with Crippen molar-refractivity contribution < 1.29 is 0 Å². The molecule has 0 bridgehead atoms. The zero-order chi connectivity index (χ0) is 11.3. The highest BCUT2D eigenvalue weighted by atomic mass is 15.3. The Bertz CT molecular complexity index is 282. The molecule has 15 heavy (non-hydrogen) atoms. The molecular weight excluding hydrogens is 188 g/mol. The molecule has 2 atom stereocenters. The Morgan fingerprint density at radius 1 is 1.53 bits per heavy atom. The number of aromatic nitrogens is 2. The van der Waals surface area contributed by atoms with Crippen LogP contribution in [0.25, 0.3) is 0 Å². The van der Waals surface area contributed by atoms with Gasteiger partial charge in [0.05, 0.1) is 11.7 Å². The molecule has 2 unspecified atom stereocenters. The minimum Gasteiger partial charge on any atom is -0.271 e. The second kappa shape index (κ2) is 5.88. The lowest BCUT2D eigenvalue weighted by Crippen LogP contribution is -2.34. The first kappa shape index (κ1) is 12.2. The highest BCUT2D eigenvalue weighted by molar-refractivity contribution is 5.07. The number of nitrogens with one attached hydrogen (secondary N) is 1. The largest absolute Gasteiger partial charge is 0.271 e. The van der Waals surface area contributed by atoms with E-state index in [9.17, 15) is 0 Å². The molecule has 1 aromatic rings. The molecule has 1 aromatic heterocycles. The number of hydrogen-bond acceptors (Lipinski definition) is 3. The first-order valence-corrected chi connectivity index (χ1v) is 5.72. The predicted molar refractivity (Wildman–Crippen MR) is 62.0 cm³/mol. The van der Waals surface area contributed by atoms with E-state index in [1.807, 2.05) is 16.9 Å². The van der Waals surface area contributed by atoms with Crippen LogP contribution in [0.3, 0.4) is 0 Å². The maximum Gasteiger partial charge on any atom is 0.0654 e. The highest BCUT2D eigenvalue weighted by Crippen LogP contribution is 2.23. The van der Waals surface area contributed by atoms with Gasteiger partial charge in [-0.1, -0.05) is 27.2 Å². The number of rotatable bonds is 6. The first-order chi connectivity index (χ1) is 7.24. The van der Waals surface area contributed by atoms with Crippen molar-refractivity contribution in [3.8, 4) is 0 Å².